The first-order chi connectivity index (χ1) is 6.36. The van der Waals surface area contributed by atoms with Crippen LogP contribution in [-0.4, -0.2) is 4.57 Å². The number of rotatable bonds is 0. The van der Waals surface area contributed by atoms with Gasteiger partial charge in [0.1, 0.15) is 0 Å². The summed E-state index contributed by atoms with van der Waals surface area (Å²) in [7, 11) is 0. The van der Waals surface area contributed by atoms with E-state index >= 15 is 0 Å². The molecule has 1 aromatic carbocycles. The van der Waals surface area contributed by atoms with Crippen LogP contribution in [0.4, 0.5) is 0 Å². The standard InChI is InChI=1S/C11H10N2/c12-9-5-6-13-10-4-2-1-3-8(10)7-11(9)13/h1-7,9H,12H2. The summed E-state index contributed by atoms with van der Waals surface area (Å²) in [6.45, 7) is 0. The molecule has 3 rings (SSSR count). The number of fused-ring (bicyclic) bond motifs is 3. The Morgan fingerprint density at radius 3 is 3.00 bits per heavy atom. The Kier molecular flexibility index (Phi) is 1.19. The van der Waals surface area contributed by atoms with Gasteiger partial charge < -0.3 is 10.3 Å². The third-order valence-electron chi connectivity index (χ3n) is 2.56. The molecule has 1 aliphatic heterocycles. The molecule has 2 N–H and O–H groups in total. The lowest BCUT2D eigenvalue weighted by Gasteiger charge is -1.99. The predicted molar refractivity (Wildman–Crippen MR) is 54.2 cm³/mol. The lowest BCUT2D eigenvalue weighted by molar-refractivity contribution is 0.889. The highest BCUT2D eigenvalue weighted by Gasteiger charge is 2.15. The summed E-state index contributed by atoms with van der Waals surface area (Å²) in [6.07, 6.45) is 4.06. The average Bonchev–Trinajstić information content (AvgIpc) is 2.67. The van der Waals surface area contributed by atoms with Crippen LogP contribution < -0.4 is 5.73 Å². The van der Waals surface area contributed by atoms with E-state index in [1.807, 2.05) is 24.4 Å². The average molecular weight is 170 g/mol. The van der Waals surface area contributed by atoms with Gasteiger partial charge >= 0.3 is 0 Å². The molecule has 2 nitrogen and oxygen atoms in total. The van der Waals surface area contributed by atoms with Crippen LogP contribution in [0.25, 0.3) is 17.1 Å². The van der Waals surface area contributed by atoms with Gasteiger partial charge in [0.15, 0.2) is 0 Å². The van der Waals surface area contributed by atoms with Gasteiger partial charge in [0.05, 0.1) is 11.6 Å². The Bertz CT molecular complexity index is 494. The molecule has 2 heteroatoms. The fraction of sp³-hybridized carbons (Fsp3) is 0.0909. The van der Waals surface area contributed by atoms with Crippen LogP contribution >= 0.6 is 0 Å². The second-order valence-electron chi connectivity index (χ2n) is 3.37. The summed E-state index contributed by atoms with van der Waals surface area (Å²) in [4.78, 5) is 0. The molecule has 64 valence electrons. The summed E-state index contributed by atoms with van der Waals surface area (Å²) < 4.78 is 2.15. The molecule has 2 aromatic rings. The number of aromatic nitrogens is 1. The molecule has 0 saturated heterocycles. The third kappa shape index (κ3) is 0.807. The van der Waals surface area contributed by atoms with Crippen molar-refractivity contribution in [1.82, 2.24) is 4.57 Å². The molecule has 0 saturated carbocycles. The molecule has 0 aliphatic carbocycles. The molecule has 0 fully saturated rings. The molecular weight excluding hydrogens is 160 g/mol. The van der Waals surface area contributed by atoms with Gasteiger partial charge in [-0.2, -0.15) is 0 Å². The highest BCUT2D eigenvalue weighted by molar-refractivity contribution is 5.84. The quantitative estimate of drug-likeness (QED) is 0.645. The van der Waals surface area contributed by atoms with Crippen LogP contribution in [0.2, 0.25) is 0 Å². The highest BCUT2D eigenvalue weighted by Crippen LogP contribution is 2.28. The molecule has 1 aliphatic rings. The van der Waals surface area contributed by atoms with Crippen LogP contribution in [0.3, 0.4) is 0 Å². The van der Waals surface area contributed by atoms with Crippen molar-refractivity contribution in [3.05, 3.63) is 42.1 Å². The van der Waals surface area contributed by atoms with E-state index in [9.17, 15) is 0 Å². The maximum Gasteiger partial charge on any atom is 0.0656 e. The fourth-order valence-corrected chi connectivity index (χ4v) is 1.90. The fourth-order valence-electron chi connectivity index (χ4n) is 1.90. The summed E-state index contributed by atoms with van der Waals surface area (Å²) in [5, 5.41) is 1.26. The van der Waals surface area contributed by atoms with Crippen LogP contribution in [-0.2, 0) is 0 Å². The largest absolute Gasteiger partial charge is 0.319 e. The van der Waals surface area contributed by atoms with E-state index in [0.29, 0.717) is 0 Å². The summed E-state index contributed by atoms with van der Waals surface area (Å²) in [5.74, 6) is 0. The number of para-hydroxylation sites is 1. The van der Waals surface area contributed by atoms with Gasteiger partial charge in [-0.25, -0.2) is 0 Å². The Morgan fingerprint density at radius 1 is 1.23 bits per heavy atom. The van der Waals surface area contributed by atoms with Gasteiger partial charge in [-0.3, -0.25) is 0 Å². The monoisotopic (exact) mass is 170 g/mol. The molecule has 1 unspecified atom stereocenters. The van der Waals surface area contributed by atoms with E-state index in [1.54, 1.807) is 0 Å². The molecule has 0 radical (unpaired) electrons. The van der Waals surface area contributed by atoms with Crippen molar-refractivity contribution >= 4 is 17.1 Å². The van der Waals surface area contributed by atoms with Crippen molar-refractivity contribution in [3.63, 3.8) is 0 Å². The molecule has 0 bridgehead atoms. The van der Waals surface area contributed by atoms with Gasteiger partial charge in [-0.1, -0.05) is 18.2 Å². The second kappa shape index (κ2) is 2.24. The van der Waals surface area contributed by atoms with Gasteiger partial charge in [0, 0.05) is 17.3 Å². The van der Waals surface area contributed by atoms with Crippen molar-refractivity contribution in [2.45, 2.75) is 6.04 Å². The van der Waals surface area contributed by atoms with Crippen molar-refractivity contribution in [2.24, 2.45) is 5.73 Å². The number of hydrogen-bond donors (Lipinski definition) is 1. The highest BCUT2D eigenvalue weighted by atomic mass is 15.0. The normalized spacial score (nSPS) is 19.6. The van der Waals surface area contributed by atoms with Gasteiger partial charge in [-0.15, -0.1) is 0 Å². The minimum atomic E-state index is 0.0624. The summed E-state index contributed by atoms with van der Waals surface area (Å²) in [5.41, 5.74) is 8.32. The lowest BCUT2D eigenvalue weighted by Crippen LogP contribution is -2.04. The molecule has 2 heterocycles. The van der Waals surface area contributed by atoms with E-state index in [1.165, 1.54) is 16.6 Å². The number of benzene rings is 1. The van der Waals surface area contributed by atoms with Gasteiger partial charge in [0.2, 0.25) is 0 Å². The van der Waals surface area contributed by atoms with E-state index < -0.39 is 0 Å². The lowest BCUT2D eigenvalue weighted by atomic mass is 10.2. The van der Waals surface area contributed by atoms with Crippen LogP contribution in [0.1, 0.15) is 11.7 Å². The first kappa shape index (κ1) is 6.92. The van der Waals surface area contributed by atoms with E-state index in [-0.39, 0.29) is 6.04 Å². The van der Waals surface area contributed by atoms with Gasteiger partial charge in [-0.05, 0) is 18.2 Å². The Hall–Kier alpha value is -1.54. The van der Waals surface area contributed by atoms with Crippen molar-refractivity contribution in [2.75, 3.05) is 0 Å². The molecule has 1 aromatic heterocycles. The zero-order valence-electron chi connectivity index (χ0n) is 7.14. The van der Waals surface area contributed by atoms with E-state index in [4.69, 9.17) is 5.73 Å². The number of nitrogens with zero attached hydrogens (tertiary/aromatic N) is 1. The Morgan fingerprint density at radius 2 is 2.08 bits per heavy atom. The maximum atomic E-state index is 5.90. The first-order valence-electron chi connectivity index (χ1n) is 4.40. The minimum absolute atomic E-state index is 0.0624. The molecular formula is C11H10N2. The Labute approximate surface area is 76.3 Å². The zero-order chi connectivity index (χ0) is 8.84. The van der Waals surface area contributed by atoms with Crippen molar-refractivity contribution < 1.29 is 0 Å². The molecule has 0 spiro atoms. The zero-order valence-corrected chi connectivity index (χ0v) is 7.14. The summed E-state index contributed by atoms with van der Waals surface area (Å²) >= 11 is 0. The maximum absolute atomic E-state index is 5.90. The second-order valence-corrected chi connectivity index (χ2v) is 3.37. The third-order valence-corrected chi connectivity index (χ3v) is 2.56. The first-order valence-corrected chi connectivity index (χ1v) is 4.40. The summed E-state index contributed by atoms with van der Waals surface area (Å²) in [6, 6.07) is 10.5. The smallest absolute Gasteiger partial charge is 0.0656 e. The predicted octanol–water partition coefficient (Wildman–Crippen LogP) is 2.13. The molecule has 1 atom stereocenters. The van der Waals surface area contributed by atoms with Crippen molar-refractivity contribution in [1.29, 1.82) is 0 Å². The number of nitrogens with two attached hydrogens (primary N) is 1. The minimum Gasteiger partial charge on any atom is -0.319 e. The van der Waals surface area contributed by atoms with Crippen LogP contribution in [0.5, 0.6) is 0 Å². The number of hydrogen-bond acceptors (Lipinski definition) is 1. The van der Waals surface area contributed by atoms with E-state index in [0.717, 1.165) is 0 Å². The van der Waals surface area contributed by atoms with E-state index in [2.05, 4.69) is 22.8 Å². The molecule has 0 amide bonds. The topological polar surface area (TPSA) is 30.9 Å². The van der Waals surface area contributed by atoms with Gasteiger partial charge in [0.25, 0.3) is 0 Å². The van der Waals surface area contributed by atoms with Crippen molar-refractivity contribution in [3.8, 4) is 0 Å². The SMILES string of the molecule is NC1C=Cn2c1cc1ccccc12. The Balaban J connectivity index is 2.44. The molecule has 13 heavy (non-hydrogen) atoms. The van der Waals surface area contributed by atoms with Crippen LogP contribution in [0.15, 0.2) is 36.4 Å². The van der Waals surface area contributed by atoms with Crippen LogP contribution in [0, 0.1) is 0 Å².